The number of nitrogens with zero attached hydrogens (tertiary/aromatic N) is 1. The summed E-state index contributed by atoms with van der Waals surface area (Å²) >= 11 is 0. The van der Waals surface area contributed by atoms with E-state index in [9.17, 15) is 14.7 Å². The summed E-state index contributed by atoms with van der Waals surface area (Å²) in [6.45, 7) is 2.69. The molecule has 0 aliphatic rings. The van der Waals surface area contributed by atoms with Crippen molar-refractivity contribution in [2.75, 3.05) is 20.2 Å². The van der Waals surface area contributed by atoms with Gasteiger partial charge in [0, 0.05) is 18.5 Å². The quantitative estimate of drug-likeness (QED) is 0.148. The Hall–Kier alpha value is -3.90. The number of aliphatic carboxylic acids is 1. The molecule has 0 saturated heterocycles. The van der Waals surface area contributed by atoms with Gasteiger partial charge in [-0.2, -0.15) is 0 Å². The number of benzene rings is 3. The van der Waals surface area contributed by atoms with Gasteiger partial charge in [-0.05, 0) is 87.4 Å². The van der Waals surface area contributed by atoms with Crippen LogP contribution < -0.4 is 4.74 Å². The van der Waals surface area contributed by atoms with Gasteiger partial charge < -0.3 is 19.8 Å². The van der Waals surface area contributed by atoms with Crippen LogP contribution in [-0.2, 0) is 17.8 Å². The highest BCUT2D eigenvalue weighted by molar-refractivity contribution is 5.87. The van der Waals surface area contributed by atoms with Gasteiger partial charge in [0.15, 0.2) is 0 Å². The Morgan fingerprint density at radius 1 is 0.829 bits per heavy atom. The topological polar surface area (TPSA) is 87.1 Å². The van der Waals surface area contributed by atoms with E-state index in [2.05, 4.69) is 48.4 Å². The number of aromatic carboxylic acids is 1. The Morgan fingerprint density at radius 2 is 1.56 bits per heavy atom. The second-order valence-corrected chi connectivity index (χ2v) is 10.6. The first-order valence-electron chi connectivity index (χ1n) is 14.6. The Kier molecular flexibility index (Phi) is 13.7. The summed E-state index contributed by atoms with van der Waals surface area (Å²) in [6.07, 6.45) is 10.7. The van der Waals surface area contributed by atoms with Gasteiger partial charge in [-0.15, -0.1) is 0 Å². The monoisotopic (exact) mass is 557 g/mol. The molecule has 2 N–H and O–H groups in total. The molecule has 0 saturated carbocycles. The van der Waals surface area contributed by atoms with Crippen LogP contribution >= 0.6 is 0 Å². The lowest BCUT2D eigenvalue weighted by Gasteiger charge is -2.16. The Bertz CT molecular complexity index is 1220. The van der Waals surface area contributed by atoms with Crippen LogP contribution in [0.5, 0.6) is 5.75 Å². The lowest BCUT2D eigenvalue weighted by atomic mass is 9.92. The van der Waals surface area contributed by atoms with Crippen LogP contribution in [0.25, 0.3) is 6.08 Å². The molecule has 3 rings (SSSR count). The second kappa shape index (κ2) is 17.7. The molecule has 6 nitrogen and oxygen atoms in total. The Balaban J connectivity index is 1.50. The summed E-state index contributed by atoms with van der Waals surface area (Å²) in [4.78, 5) is 24.5. The van der Waals surface area contributed by atoms with Crippen LogP contribution in [0.1, 0.15) is 72.0 Å². The minimum absolute atomic E-state index is 0.170. The van der Waals surface area contributed by atoms with Crippen molar-refractivity contribution in [2.24, 2.45) is 5.92 Å². The van der Waals surface area contributed by atoms with Gasteiger partial charge in [-0.1, -0.05) is 79.2 Å². The van der Waals surface area contributed by atoms with Crippen molar-refractivity contribution < 1.29 is 24.5 Å². The molecule has 0 aromatic heterocycles. The highest BCUT2D eigenvalue weighted by Gasteiger charge is 2.10. The van der Waals surface area contributed by atoms with Crippen molar-refractivity contribution in [1.29, 1.82) is 0 Å². The molecule has 0 fully saturated rings. The molecule has 41 heavy (non-hydrogen) atoms. The summed E-state index contributed by atoms with van der Waals surface area (Å²) in [7, 11) is 2.16. The number of hydrogen-bond acceptors (Lipinski definition) is 4. The van der Waals surface area contributed by atoms with E-state index in [1.54, 1.807) is 12.1 Å². The number of carbonyl (C=O) groups is 2. The highest BCUT2D eigenvalue weighted by Crippen LogP contribution is 2.24. The van der Waals surface area contributed by atoms with Gasteiger partial charge in [-0.3, -0.25) is 4.79 Å². The van der Waals surface area contributed by atoms with Crippen molar-refractivity contribution in [1.82, 2.24) is 4.90 Å². The number of allylic oxidation sites excluding steroid dienone is 1. The molecule has 0 aliphatic heterocycles. The third kappa shape index (κ3) is 12.4. The molecule has 0 aliphatic carbocycles. The van der Waals surface area contributed by atoms with E-state index >= 15 is 0 Å². The zero-order valence-electron chi connectivity index (χ0n) is 24.1. The smallest absolute Gasteiger partial charge is 0.335 e. The van der Waals surface area contributed by atoms with Crippen molar-refractivity contribution >= 4 is 18.0 Å². The van der Waals surface area contributed by atoms with Gasteiger partial charge >= 0.3 is 11.9 Å². The van der Waals surface area contributed by atoms with Crippen LogP contribution in [0, 0.1) is 5.92 Å². The molecule has 0 heterocycles. The molecule has 3 aromatic carbocycles. The number of ether oxygens (including phenoxy) is 1. The van der Waals surface area contributed by atoms with Crippen molar-refractivity contribution in [2.45, 2.75) is 57.9 Å². The Labute approximate surface area is 244 Å². The predicted octanol–water partition coefficient (Wildman–Crippen LogP) is 7.58. The molecule has 1 atom stereocenters. The number of rotatable bonds is 19. The number of hydrogen-bond donors (Lipinski definition) is 2. The molecular formula is C35H43NO5. The van der Waals surface area contributed by atoms with Crippen LogP contribution in [0.4, 0.5) is 0 Å². The van der Waals surface area contributed by atoms with E-state index in [0.717, 1.165) is 68.5 Å². The number of carboxylic acid groups (broad SMARTS) is 2. The van der Waals surface area contributed by atoms with E-state index in [1.165, 1.54) is 5.56 Å². The number of para-hydroxylation sites is 1. The van der Waals surface area contributed by atoms with Gasteiger partial charge in [0.05, 0.1) is 12.2 Å². The molecule has 3 aromatic rings. The van der Waals surface area contributed by atoms with E-state index in [-0.39, 0.29) is 17.9 Å². The van der Waals surface area contributed by atoms with E-state index in [4.69, 9.17) is 9.84 Å². The first-order valence-corrected chi connectivity index (χ1v) is 14.6. The lowest BCUT2D eigenvalue weighted by Crippen LogP contribution is -2.19. The second-order valence-electron chi connectivity index (χ2n) is 10.6. The van der Waals surface area contributed by atoms with Crippen molar-refractivity contribution in [3.63, 3.8) is 0 Å². The van der Waals surface area contributed by atoms with Gasteiger partial charge in [0.2, 0.25) is 0 Å². The summed E-state index contributed by atoms with van der Waals surface area (Å²) in [5.74, 6) is -0.652. The predicted molar refractivity (Wildman–Crippen MR) is 164 cm³/mol. The fraction of sp³-hybridized carbons (Fsp3) is 0.371. The van der Waals surface area contributed by atoms with E-state index in [0.29, 0.717) is 13.0 Å². The van der Waals surface area contributed by atoms with Gasteiger partial charge in [-0.25, -0.2) is 4.79 Å². The Morgan fingerprint density at radius 3 is 2.29 bits per heavy atom. The summed E-state index contributed by atoms with van der Waals surface area (Å²) in [5, 5.41) is 18.2. The normalized spacial score (nSPS) is 12.0. The van der Waals surface area contributed by atoms with E-state index < -0.39 is 11.9 Å². The number of carboxylic acids is 2. The molecule has 1 unspecified atom stereocenters. The third-order valence-corrected chi connectivity index (χ3v) is 7.12. The molecule has 0 amide bonds. The summed E-state index contributed by atoms with van der Waals surface area (Å²) in [6, 6.07) is 25.6. The zero-order chi connectivity index (χ0) is 29.3. The van der Waals surface area contributed by atoms with Crippen LogP contribution in [0.2, 0.25) is 0 Å². The van der Waals surface area contributed by atoms with Crippen LogP contribution in [0.15, 0.2) is 84.9 Å². The minimum Gasteiger partial charge on any atom is -0.493 e. The molecular weight excluding hydrogens is 514 g/mol. The number of unbranched alkanes of at least 4 members (excludes halogenated alkanes) is 3. The molecule has 0 radical (unpaired) electrons. The minimum atomic E-state index is -0.936. The molecule has 0 bridgehead atoms. The fourth-order valence-electron chi connectivity index (χ4n) is 4.84. The molecule has 218 valence electrons. The molecule has 0 spiro atoms. The maximum Gasteiger partial charge on any atom is 0.335 e. The van der Waals surface area contributed by atoms with E-state index in [1.807, 2.05) is 42.5 Å². The van der Waals surface area contributed by atoms with Crippen LogP contribution in [0.3, 0.4) is 0 Å². The summed E-state index contributed by atoms with van der Waals surface area (Å²) in [5.41, 5.74) is 3.68. The SMILES string of the molecule is CN(CCCCCOc1ccccc1/C=C/C(CCCCC(=O)O)Cc1ccc(C(=O)O)cc1)Cc1ccccc1. The molecule has 6 heteroatoms. The maximum absolute atomic E-state index is 11.2. The van der Waals surface area contributed by atoms with Crippen LogP contribution in [-0.4, -0.2) is 47.3 Å². The average Bonchev–Trinajstić information content (AvgIpc) is 2.97. The first-order chi connectivity index (χ1) is 19.9. The highest BCUT2D eigenvalue weighted by atomic mass is 16.5. The van der Waals surface area contributed by atoms with Gasteiger partial charge in [0.25, 0.3) is 0 Å². The summed E-state index contributed by atoms with van der Waals surface area (Å²) < 4.78 is 6.17. The third-order valence-electron chi connectivity index (χ3n) is 7.12. The maximum atomic E-state index is 11.2. The van der Waals surface area contributed by atoms with Gasteiger partial charge in [0.1, 0.15) is 5.75 Å². The first kappa shape index (κ1) is 31.6. The van der Waals surface area contributed by atoms with Crippen molar-refractivity contribution in [3.8, 4) is 5.75 Å². The standard InChI is InChI=1S/C35H43NO5/c1-36(27-30-13-4-2-5-14-30)24-10-3-11-25-41-33-16-8-7-15-31(33)21-18-28(12-6-9-17-34(37)38)26-29-19-22-32(23-20-29)35(39)40/h2,4-5,7-8,13-16,18-23,28H,3,6,9-12,17,24-27H2,1H3,(H,37,38)(H,39,40)/b21-18+. The van der Waals surface area contributed by atoms with Crippen molar-refractivity contribution in [3.05, 3.63) is 107 Å². The fourth-order valence-corrected chi connectivity index (χ4v) is 4.84. The average molecular weight is 558 g/mol. The zero-order valence-corrected chi connectivity index (χ0v) is 24.1. The largest absolute Gasteiger partial charge is 0.493 e. The lowest BCUT2D eigenvalue weighted by molar-refractivity contribution is -0.137.